The molecule has 1 heterocycles. The highest BCUT2D eigenvalue weighted by atomic mass is 79.9. The summed E-state index contributed by atoms with van der Waals surface area (Å²) in [5, 5.41) is -0.199. The van der Waals surface area contributed by atoms with E-state index >= 15 is 0 Å². The van der Waals surface area contributed by atoms with Gasteiger partial charge in [0.2, 0.25) is 0 Å². The van der Waals surface area contributed by atoms with Gasteiger partial charge < -0.3 is 4.57 Å². The highest BCUT2D eigenvalue weighted by molar-refractivity contribution is 9.10. The molecule has 1 aromatic heterocycles. The van der Waals surface area contributed by atoms with Gasteiger partial charge in [0.15, 0.2) is 0 Å². The fraction of sp³-hybridized carbons (Fsp3) is 0.500. The largest absolute Gasteiger partial charge is 0.324 e. The zero-order valence-electron chi connectivity index (χ0n) is 11.3. The number of hydrogen-bond donors (Lipinski definition) is 0. The third-order valence-corrected chi connectivity index (χ3v) is 4.23. The van der Waals surface area contributed by atoms with Crippen LogP contribution in [0.25, 0.3) is 11.0 Å². The van der Waals surface area contributed by atoms with Crippen LogP contribution in [0.3, 0.4) is 0 Å². The van der Waals surface area contributed by atoms with E-state index in [4.69, 9.17) is 11.6 Å². The van der Waals surface area contributed by atoms with E-state index < -0.39 is 0 Å². The molecule has 1 aromatic carbocycles. The Hall–Kier alpha value is -0.610. The maximum atomic E-state index is 13.6. The number of aromatic nitrogens is 2. The Morgan fingerprint density at radius 3 is 2.53 bits per heavy atom. The molecule has 1 atom stereocenters. The molecule has 0 saturated heterocycles. The van der Waals surface area contributed by atoms with Gasteiger partial charge >= 0.3 is 0 Å². The fourth-order valence-corrected chi connectivity index (χ4v) is 2.91. The standard InChI is InChI=1S/C14H17BrClFN2/c1-4-9(5-2)19-13-6-10(15)11(17)7-12(13)18-14(19)8(3)16/h6-9H,4-5H2,1-3H3. The maximum Gasteiger partial charge on any atom is 0.139 e. The van der Waals surface area contributed by atoms with Crippen molar-refractivity contribution >= 4 is 38.6 Å². The molecule has 0 radical (unpaired) electrons. The Kier molecular flexibility index (Phi) is 4.51. The van der Waals surface area contributed by atoms with E-state index in [0.717, 1.165) is 24.2 Å². The zero-order valence-corrected chi connectivity index (χ0v) is 13.6. The van der Waals surface area contributed by atoms with Gasteiger partial charge in [0.05, 0.1) is 20.9 Å². The third-order valence-electron chi connectivity index (χ3n) is 3.42. The number of nitrogens with zero attached hydrogens (tertiary/aromatic N) is 2. The molecule has 2 aromatic rings. The second-order valence-corrected chi connectivity index (χ2v) is 6.19. The Labute approximate surface area is 126 Å². The first-order valence-corrected chi connectivity index (χ1v) is 7.73. The van der Waals surface area contributed by atoms with Crippen LogP contribution in [0, 0.1) is 5.82 Å². The number of halogens is 3. The Bertz CT molecular complexity index is 591. The predicted molar refractivity (Wildman–Crippen MR) is 81.3 cm³/mol. The van der Waals surface area contributed by atoms with Crippen LogP contribution in [0.1, 0.15) is 50.9 Å². The van der Waals surface area contributed by atoms with E-state index in [1.165, 1.54) is 6.07 Å². The van der Waals surface area contributed by atoms with E-state index in [2.05, 4.69) is 39.3 Å². The van der Waals surface area contributed by atoms with Gasteiger partial charge in [0.1, 0.15) is 11.6 Å². The van der Waals surface area contributed by atoms with Gasteiger partial charge in [-0.3, -0.25) is 0 Å². The van der Waals surface area contributed by atoms with Crippen molar-refractivity contribution in [3.63, 3.8) is 0 Å². The second kappa shape index (κ2) is 5.80. The lowest BCUT2D eigenvalue weighted by Gasteiger charge is -2.19. The van der Waals surface area contributed by atoms with Crippen molar-refractivity contribution in [2.75, 3.05) is 0 Å². The minimum atomic E-state index is -0.296. The van der Waals surface area contributed by atoms with Gasteiger partial charge in [-0.2, -0.15) is 0 Å². The van der Waals surface area contributed by atoms with Gasteiger partial charge in [-0.1, -0.05) is 13.8 Å². The molecule has 0 amide bonds. The Morgan fingerprint density at radius 1 is 1.37 bits per heavy atom. The normalized spacial score (nSPS) is 13.4. The monoisotopic (exact) mass is 346 g/mol. The number of fused-ring (bicyclic) bond motifs is 1. The van der Waals surface area contributed by atoms with E-state index in [9.17, 15) is 4.39 Å². The summed E-state index contributed by atoms with van der Waals surface area (Å²) in [5.74, 6) is 0.512. The maximum absolute atomic E-state index is 13.6. The van der Waals surface area contributed by atoms with Crippen molar-refractivity contribution in [1.29, 1.82) is 0 Å². The van der Waals surface area contributed by atoms with Crippen LogP contribution < -0.4 is 0 Å². The number of rotatable bonds is 4. The van der Waals surface area contributed by atoms with Gasteiger partial charge in [-0.25, -0.2) is 9.37 Å². The summed E-state index contributed by atoms with van der Waals surface area (Å²) in [7, 11) is 0. The zero-order chi connectivity index (χ0) is 14.2. The molecule has 0 saturated carbocycles. The summed E-state index contributed by atoms with van der Waals surface area (Å²) >= 11 is 9.47. The van der Waals surface area contributed by atoms with Crippen LogP contribution in [0.2, 0.25) is 0 Å². The van der Waals surface area contributed by atoms with Gasteiger partial charge in [-0.15, -0.1) is 11.6 Å². The lowest BCUT2D eigenvalue weighted by Crippen LogP contribution is -2.11. The number of alkyl halides is 1. The molecule has 0 fully saturated rings. The molecular weight excluding hydrogens is 331 g/mol. The van der Waals surface area contributed by atoms with E-state index in [1.54, 1.807) is 6.07 Å². The third kappa shape index (κ3) is 2.65. The van der Waals surface area contributed by atoms with Crippen molar-refractivity contribution in [3.8, 4) is 0 Å². The Morgan fingerprint density at radius 2 is 2.00 bits per heavy atom. The highest BCUT2D eigenvalue weighted by Gasteiger charge is 2.20. The molecule has 2 nitrogen and oxygen atoms in total. The van der Waals surface area contributed by atoms with Crippen molar-refractivity contribution in [2.24, 2.45) is 0 Å². The van der Waals surface area contributed by atoms with Gasteiger partial charge in [-0.05, 0) is 41.8 Å². The lowest BCUT2D eigenvalue weighted by atomic mass is 10.1. The molecule has 0 N–H and O–H groups in total. The minimum Gasteiger partial charge on any atom is -0.324 e. The average Bonchev–Trinajstić information content (AvgIpc) is 2.71. The van der Waals surface area contributed by atoms with Crippen LogP contribution >= 0.6 is 27.5 Å². The molecule has 2 rings (SSSR count). The lowest BCUT2D eigenvalue weighted by molar-refractivity contribution is 0.466. The molecule has 0 bridgehead atoms. The first kappa shape index (κ1) is 14.8. The van der Waals surface area contributed by atoms with Crippen LogP contribution in [0.15, 0.2) is 16.6 Å². The highest BCUT2D eigenvalue weighted by Crippen LogP contribution is 2.33. The average molecular weight is 348 g/mol. The van der Waals surface area contributed by atoms with Crippen molar-refractivity contribution < 1.29 is 4.39 Å². The first-order chi connectivity index (χ1) is 8.99. The molecule has 104 valence electrons. The molecule has 0 aliphatic heterocycles. The number of imidazole rings is 1. The SMILES string of the molecule is CCC(CC)n1c(C(C)Cl)nc2cc(F)c(Br)cc21. The van der Waals surface area contributed by atoms with Crippen LogP contribution in [-0.2, 0) is 0 Å². The first-order valence-electron chi connectivity index (χ1n) is 6.50. The summed E-state index contributed by atoms with van der Waals surface area (Å²) < 4.78 is 16.2. The minimum absolute atomic E-state index is 0.199. The molecule has 0 aliphatic rings. The van der Waals surface area contributed by atoms with Crippen LogP contribution in [0.4, 0.5) is 4.39 Å². The number of benzene rings is 1. The summed E-state index contributed by atoms with van der Waals surface area (Å²) in [6, 6.07) is 3.58. The van der Waals surface area contributed by atoms with E-state index in [-0.39, 0.29) is 11.2 Å². The van der Waals surface area contributed by atoms with E-state index in [0.29, 0.717) is 16.0 Å². The smallest absolute Gasteiger partial charge is 0.139 e. The van der Waals surface area contributed by atoms with E-state index in [1.807, 2.05) is 6.92 Å². The summed E-state index contributed by atoms with van der Waals surface area (Å²) in [6.45, 7) is 6.18. The molecule has 0 aliphatic carbocycles. The van der Waals surface area contributed by atoms with Crippen molar-refractivity contribution in [3.05, 3.63) is 28.2 Å². The summed E-state index contributed by atoms with van der Waals surface area (Å²) in [5.41, 5.74) is 1.60. The van der Waals surface area contributed by atoms with Crippen molar-refractivity contribution in [1.82, 2.24) is 9.55 Å². The fourth-order valence-electron chi connectivity index (χ4n) is 2.43. The molecule has 5 heteroatoms. The van der Waals surface area contributed by atoms with Crippen molar-refractivity contribution in [2.45, 2.75) is 45.0 Å². The second-order valence-electron chi connectivity index (χ2n) is 4.68. The molecule has 19 heavy (non-hydrogen) atoms. The topological polar surface area (TPSA) is 17.8 Å². The van der Waals surface area contributed by atoms with Gasteiger partial charge in [0, 0.05) is 12.1 Å². The summed E-state index contributed by atoms with van der Waals surface area (Å²) in [6.07, 6.45) is 1.99. The van der Waals surface area contributed by atoms with Gasteiger partial charge in [0.25, 0.3) is 0 Å². The summed E-state index contributed by atoms with van der Waals surface area (Å²) in [4.78, 5) is 4.50. The van der Waals surface area contributed by atoms with Crippen LogP contribution in [-0.4, -0.2) is 9.55 Å². The molecular formula is C14H17BrClFN2. The quantitative estimate of drug-likeness (QED) is 0.658. The number of hydrogen-bond acceptors (Lipinski definition) is 1. The Balaban J connectivity index is 2.75. The van der Waals surface area contributed by atoms with Crippen LogP contribution in [0.5, 0.6) is 0 Å². The predicted octanol–water partition coefficient (Wildman–Crippen LogP) is 5.60. The molecule has 1 unspecified atom stereocenters. The molecule has 0 spiro atoms.